The predicted molar refractivity (Wildman–Crippen MR) is 114 cm³/mol. The van der Waals surface area contributed by atoms with E-state index in [1.165, 1.54) is 0 Å². The summed E-state index contributed by atoms with van der Waals surface area (Å²) in [5.74, 6) is 1.82. The lowest BCUT2D eigenvalue weighted by Gasteiger charge is -2.11. The highest BCUT2D eigenvalue weighted by Crippen LogP contribution is 2.16. The Balaban J connectivity index is 1.50. The van der Waals surface area contributed by atoms with Crippen molar-refractivity contribution in [3.05, 3.63) is 65.4 Å². The molecular formula is C20H24N6O2S. The molecular weight excluding hydrogens is 388 g/mol. The molecule has 29 heavy (non-hydrogen) atoms. The number of nitrogens with zero attached hydrogens (tertiary/aromatic N) is 3. The minimum Gasteiger partial charge on any atom is -0.367 e. The fraction of sp³-hybridized carbons (Fsp3) is 0.250. The van der Waals surface area contributed by atoms with Gasteiger partial charge >= 0.3 is 0 Å². The van der Waals surface area contributed by atoms with Gasteiger partial charge in [0.15, 0.2) is 5.82 Å². The quantitative estimate of drug-likeness (QED) is 0.488. The van der Waals surface area contributed by atoms with E-state index in [1.807, 2.05) is 32.0 Å². The molecule has 0 unspecified atom stereocenters. The topological polar surface area (TPSA) is 109 Å². The van der Waals surface area contributed by atoms with Gasteiger partial charge in [-0.15, -0.1) is 10.2 Å². The molecule has 2 heterocycles. The first-order valence-electron chi connectivity index (χ1n) is 9.18. The lowest BCUT2D eigenvalue weighted by Crippen LogP contribution is -2.29. The SMILES string of the molecule is Cc1ccnc(Nc2ccc(NCCNS(=O)(=O)c3ccc(C)cc3C)nn2)c1. The van der Waals surface area contributed by atoms with Gasteiger partial charge in [0, 0.05) is 19.3 Å². The normalized spacial score (nSPS) is 11.3. The highest BCUT2D eigenvalue weighted by Gasteiger charge is 2.15. The Kier molecular flexibility index (Phi) is 6.40. The van der Waals surface area contributed by atoms with E-state index in [9.17, 15) is 8.42 Å². The lowest BCUT2D eigenvalue weighted by molar-refractivity contribution is 0.582. The van der Waals surface area contributed by atoms with Crippen molar-refractivity contribution in [3.63, 3.8) is 0 Å². The molecule has 3 N–H and O–H groups in total. The first kappa shape index (κ1) is 20.7. The molecule has 0 saturated heterocycles. The van der Waals surface area contributed by atoms with Gasteiger partial charge < -0.3 is 10.6 Å². The van der Waals surface area contributed by atoms with Gasteiger partial charge in [-0.1, -0.05) is 17.7 Å². The minimum absolute atomic E-state index is 0.227. The first-order valence-corrected chi connectivity index (χ1v) is 10.7. The van der Waals surface area contributed by atoms with Crippen LogP contribution < -0.4 is 15.4 Å². The Bertz CT molecular complexity index is 1080. The molecule has 2 aromatic heterocycles. The van der Waals surface area contributed by atoms with Gasteiger partial charge in [0.05, 0.1) is 4.90 Å². The molecule has 0 spiro atoms. The Morgan fingerprint density at radius 2 is 1.55 bits per heavy atom. The summed E-state index contributed by atoms with van der Waals surface area (Å²) in [7, 11) is -3.55. The van der Waals surface area contributed by atoms with Crippen LogP contribution in [0.3, 0.4) is 0 Å². The lowest BCUT2D eigenvalue weighted by atomic mass is 10.2. The average molecular weight is 413 g/mol. The molecule has 0 fully saturated rings. The van der Waals surface area contributed by atoms with E-state index in [1.54, 1.807) is 37.4 Å². The standard InChI is InChI=1S/C20H24N6O2S/c1-14-4-5-17(16(3)12-14)29(27,28)23-11-10-22-18-6-7-19(26-25-18)24-20-13-15(2)8-9-21-20/h4-9,12-13,23H,10-11H2,1-3H3,(H,22,25)(H,21,24,26). The van der Waals surface area contributed by atoms with Gasteiger partial charge in [-0.05, 0) is 62.2 Å². The number of sulfonamides is 1. The molecule has 8 nitrogen and oxygen atoms in total. The Morgan fingerprint density at radius 1 is 0.828 bits per heavy atom. The second-order valence-corrected chi connectivity index (χ2v) is 8.48. The maximum Gasteiger partial charge on any atom is 0.240 e. The van der Waals surface area contributed by atoms with Crippen LogP contribution in [-0.2, 0) is 10.0 Å². The van der Waals surface area contributed by atoms with E-state index in [0.717, 1.165) is 16.7 Å². The summed E-state index contributed by atoms with van der Waals surface area (Å²) in [6.07, 6.45) is 1.72. The van der Waals surface area contributed by atoms with Crippen LogP contribution in [0.25, 0.3) is 0 Å². The molecule has 0 saturated carbocycles. The molecule has 0 aliphatic rings. The Hall–Kier alpha value is -3.04. The van der Waals surface area contributed by atoms with Crippen molar-refractivity contribution in [2.75, 3.05) is 23.7 Å². The second-order valence-electron chi connectivity index (χ2n) is 6.74. The third-order valence-electron chi connectivity index (χ3n) is 4.18. The van der Waals surface area contributed by atoms with Crippen LogP contribution in [-0.4, -0.2) is 36.7 Å². The highest BCUT2D eigenvalue weighted by atomic mass is 32.2. The summed E-state index contributed by atoms with van der Waals surface area (Å²) in [4.78, 5) is 4.51. The third kappa shape index (κ3) is 5.72. The van der Waals surface area contributed by atoms with Crippen LogP contribution >= 0.6 is 0 Å². The number of benzene rings is 1. The zero-order valence-electron chi connectivity index (χ0n) is 16.6. The van der Waals surface area contributed by atoms with Gasteiger partial charge in [-0.25, -0.2) is 18.1 Å². The van der Waals surface area contributed by atoms with Crippen LogP contribution in [0.5, 0.6) is 0 Å². The number of aromatic nitrogens is 3. The van der Waals surface area contributed by atoms with Crippen LogP contribution in [0.4, 0.5) is 17.5 Å². The summed E-state index contributed by atoms with van der Waals surface area (Å²) in [6.45, 7) is 6.31. The largest absolute Gasteiger partial charge is 0.367 e. The highest BCUT2D eigenvalue weighted by molar-refractivity contribution is 7.89. The van der Waals surface area contributed by atoms with Crippen molar-refractivity contribution in [1.82, 2.24) is 19.9 Å². The molecule has 152 valence electrons. The number of hydrogen-bond donors (Lipinski definition) is 3. The summed E-state index contributed by atoms with van der Waals surface area (Å²) >= 11 is 0. The fourth-order valence-corrected chi connectivity index (χ4v) is 4.04. The number of nitrogens with one attached hydrogen (secondary N) is 3. The van der Waals surface area contributed by atoms with Crippen LogP contribution in [0, 0.1) is 20.8 Å². The van der Waals surface area contributed by atoms with Crippen molar-refractivity contribution in [2.45, 2.75) is 25.7 Å². The van der Waals surface area contributed by atoms with E-state index in [0.29, 0.717) is 28.9 Å². The van der Waals surface area contributed by atoms with Crippen LogP contribution in [0.2, 0.25) is 0 Å². The first-order chi connectivity index (χ1) is 13.8. The van der Waals surface area contributed by atoms with Crippen molar-refractivity contribution >= 4 is 27.5 Å². The molecule has 1 aromatic carbocycles. The van der Waals surface area contributed by atoms with E-state index >= 15 is 0 Å². The zero-order chi connectivity index (χ0) is 20.9. The number of hydrogen-bond acceptors (Lipinski definition) is 7. The Labute approximate surface area is 170 Å². The monoisotopic (exact) mass is 412 g/mol. The molecule has 0 amide bonds. The minimum atomic E-state index is -3.55. The van der Waals surface area contributed by atoms with E-state index < -0.39 is 10.0 Å². The fourth-order valence-electron chi connectivity index (χ4n) is 2.78. The smallest absolute Gasteiger partial charge is 0.240 e. The van der Waals surface area contributed by atoms with Crippen molar-refractivity contribution in [2.24, 2.45) is 0 Å². The molecule has 9 heteroatoms. The second kappa shape index (κ2) is 8.97. The average Bonchev–Trinajstić information content (AvgIpc) is 2.66. The molecule has 0 aliphatic heterocycles. The van der Waals surface area contributed by atoms with Gasteiger partial charge in [0.25, 0.3) is 0 Å². The van der Waals surface area contributed by atoms with Gasteiger partial charge in [0.1, 0.15) is 11.6 Å². The Morgan fingerprint density at radius 3 is 2.24 bits per heavy atom. The molecule has 0 aliphatic carbocycles. The number of anilines is 3. The molecule has 3 rings (SSSR count). The molecule has 3 aromatic rings. The van der Waals surface area contributed by atoms with E-state index in [-0.39, 0.29) is 6.54 Å². The zero-order valence-corrected chi connectivity index (χ0v) is 17.4. The third-order valence-corrected chi connectivity index (χ3v) is 5.80. The van der Waals surface area contributed by atoms with Gasteiger partial charge in [-0.3, -0.25) is 0 Å². The molecule has 0 bridgehead atoms. The van der Waals surface area contributed by atoms with Gasteiger partial charge in [-0.2, -0.15) is 0 Å². The summed E-state index contributed by atoms with van der Waals surface area (Å²) in [6, 6.07) is 12.6. The molecule has 0 radical (unpaired) electrons. The van der Waals surface area contributed by atoms with E-state index in [4.69, 9.17) is 0 Å². The van der Waals surface area contributed by atoms with Crippen molar-refractivity contribution in [1.29, 1.82) is 0 Å². The maximum absolute atomic E-state index is 12.4. The number of rotatable bonds is 8. The number of pyridine rings is 1. The summed E-state index contributed by atoms with van der Waals surface area (Å²) < 4.78 is 27.5. The van der Waals surface area contributed by atoms with Crippen molar-refractivity contribution in [3.8, 4) is 0 Å². The predicted octanol–water partition coefficient (Wildman–Crippen LogP) is 2.93. The van der Waals surface area contributed by atoms with Crippen LogP contribution in [0.15, 0.2) is 53.6 Å². The van der Waals surface area contributed by atoms with E-state index in [2.05, 4.69) is 30.5 Å². The maximum atomic E-state index is 12.4. The molecule has 0 atom stereocenters. The van der Waals surface area contributed by atoms with Crippen LogP contribution in [0.1, 0.15) is 16.7 Å². The summed E-state index contributed by atoms with van der Waals surface area (Å²) in [5.41, 5.74) is 2.84. The summed E-state index contributed by atoms with van der Waals surface area (Å²) in [5, 5.41) is 14.3. The van der Waals surface area contributed by atoms with Crippen molar-refractivity contribution < 1.29 is 8.42 Å². The van der Waals surface area contributed by atoms with Gasteiger partial charge in [0.2, 0.25) is 10.0 Å². The number of aryl methyl sites for hydroxylation is 3.